The molecule has 7 heteroatoms. The van der Waals surface area contributed by atoms with Gasteiger partial charge in [-0.1, -0.05) is 13.8 Å². The molecule has 0 spiro atoms. The Morgan fingerprint density at radius 2 is 2.22 bits per heavy atom. The fourth-order valence-electron chi connectivity index (χ4n) is 2.90. The zero-order valence-electron chi connectivity index (χ0n) is 14.2. The standard InChI is InChI=1S/C16H26N4O2S/c1-10(2)9-13(15(22)19-16-17-6-8-23-16)18-14(21)12-5-7-20(4)11(12)3/h6,8,10-13H,5,7,9H2,1-4H3,(H,18,21)(H,17,19,22)/t11-,12-,13?/m1/s1. The Hall–Kier alpha value is -1.47. The smallest absolute Gasteiger partial charge is 0.248 e. The monoisotopic (exact) mass is 338 g/mol. The van der Waals surface area contributed by atoms with Crippen molar-refractivity contribution in [3.05, 3.63) is 11.6 Å². The van der Waals surface area contributed by atoms with Gasteiger partial charge in [0.1, 0.15) is 6.04 Å². The molecule has 1 aromatic heterocycles. The highest BCUT2D eigenvalue weighted by Crippen LogP contribution is 2.23. The van der Waals surface area contributed by atoms with Crippen molar-refractivity contribution in [1.29, 1.82) is 0 Å². The maximum atomic E-state index is 12.6. The number of likely N-dealkylation sites (tertiary alicyclic amines) is 1. The molecule has 1 aromatic rings. The Morgan fingerprint density at radius 3 is 2.74 bits per heavy atom. The predicted octanol–water partition coefficient (Wildman–Crippen LogP) is 1.95. The first-order valence-electron chi connectivity index (χ1n) is 8.09. The first-order valence-corrected chi connectivity index (χ1v) is 8.97. The number of hydrogen-bond acceptors (Lipinski definition) is 5. The number of hydrogen-bond donors (Lipinski definition) is 2. The van der Waals surface area contributed by atoms with Crippen molar-refractivity contribution in [2.24, 2.45) is 11.8 Å². The first kappa shape index (κ1) is 17.9. The molecule has 1 aliphatic rings. The zero-order valence-corrected chi connectivity index (χ0v) is 15.0. The molecule has 0 aliphatic carbocycles. The van der Waals surface area contributed by atoms with Crippen molar-refractivity contribution in [3.8, 4) is 0 Å². The molecule has 128 valence electrons. The van der Waals surface area contributed by atoms with Crippen LogP contribution in [0.5, 0.6) is 0 Å². The Labute approximate surface area is 141 Å². The fourth-order valence-corrected chi connectivity index (χ4v) is 3.44. The minimum atomic E-state index is -0.524. The van der Waals surface area contributed by atoms with E-state index in [-0.39, 0.29) is 23.8 Å². The second kappa shape index (κ2) is 7.88. The van der Waals surface area contributed by atoms with Gasteiger partial charge < -0.3 is 15.5 Å². The summed E-state index contributed by atoms with van der Waals surface area (Å²) in [7, 11) is 2.03. The summed E-state index contributed by atoms with van der Waals surface area (Å²) in [6, 6.07) is -0.318. The lowest BCUT2D eigenvalue weighted by Gasteiger charge is -2.24. The SMILES string of the molecule is CC(C)CC(NC(=O)[C@@H]1CCN(C)[C@@H]1C)C(=O)Nc1nccs1. The Bertz CT molecular complexity index is 532. The van der Waals surface area contributed by atoms with E-state index < -0.39 is 6.04 Å². The van der Waals surface area contributed by atoms with Gasteiger partial charge in [-0.15, -0.1) is 11.3 Å². The highest BCUT2D eigenvalue weighted by molar-refractivity contribution is 7.13. The molecule has 1 fully saturated rings. The van der Waals surface area contributed by atoms with Gasteiger partial charge in [0, 0.05) is 17.6 Å². The van der Waals surface area contributed by atoms with Gasteiger partial charge in [-0.05, 0) is 39.3 Å². The van der Waals surface area contributed by atoms with Crippen LogP contribution in [0, 0.1) is 11.8 Å². The van der Waals surface area contributed by atoms with E-state index in [4.69, 9.17) is 0 Å². The average Bonchev–Trinajstić information content (AvgIpc) is 3.09. The first-order chi connectivity index (χ1) is 10.9. The zero-order chi connectivity index (χ0) is 17.0. The van der Waals surface area contributed by atoms with E-state index in [1.165, 1.54) is 11.3 Å². The maximum absolute atomic E-state index is 12.6. The molecule has 2 heterocycles. The second-order valence-electron chi connectivity index (χ2n) is 6.63. The van der Waals surface area contributed by atoms with E-state index in [9.17, 15) is 9.59 Å². The van der Waals surface area contributed by atoms with Crippen LogP contribution in [-0.2, 0) is 9.59 Å². The van der Waals surface area contributed by atoms with E-state index in [1.807, 2.05) is 26.3 Å². The van der Waals surface area contributed by atoms with Crippen LogP contribution in [0.1, 0.15) is 33.6 Å². The topological polar surface area (TPSA) is 74.3 Å². The van der Waals surface area contributed by atoms with Gasteiger partial charge in [0.2, 0.25) is 11.8 Å². The van der Waals surface area contributed by atoms with Crippen LogP contribution in [0.4, 0.5) is 5.13 Å². The van der Waals surface area contributed by atoms with Crippen LogP contribution < -0.4 is 10.6 Å². The van der Waals surface area contributed by atoms with E-state index in [2.05, 4.69) is 27.4 Å². The van der Waals surface area contributed by atoms with Gasteiger partial charge in [0.25, 0.3) is 0 Å². The summed E-state index contributed by atoms with van der Waals surface area (Å²) < 4.78 is 0. The van der Waals surface area contributed by atoms with E-state index >= 15 is 0 Å². The number of carbonyl (C=O) groups is 2. The molecule has 23 heavy (non-hydrogen) atoms. The summed E-state index contributed by atoms with van der Waals surface area (Å²) in [6.07, 6.45) is 3.10. The van der Waals surface area contributed by atoms with Crippen molar-refractivity contribution in [3.63, 3.8) is 0 Å². The van der Waals surface area contributed by atoms with Gasteiger partial charge in [-0.3, -0.25) is 9.59 Å². The van der Waals surface area contributed by atoms with Crippen LogP contribution in [0.3, 0.4) is 0 Å². The van der Waals surface area contributed by atoms with Crippen LogP contribution in [0.25, 0.3) is 0 Å². The van der Waals surface area contributed by atoms with E-state index in [1.54, 1.807) is 6.20 Å². The lowest BCUT2D eigenvalue weighted by Crippen LogP contribution is -2.48. The fraction of sp³-hybridized carbons (Fsp3) is 0.688. The third-order valence-corrected chi connectivity index (χ3v) is 5.10. The minimum Gasteiger partial charge on any atom is -0.344 e. The number of carbonyl (C=O) groups excluding carboxylic acids is 2. The molecule has 0 bridgehead atoms. The van der Waals surface area contributed by atoms with Gasteiger partial charge in [-0.25, -0.2) is 4.98 Å². The van der Waals surface area contributed by atoms with E-state index in [0.29, 0.717) is 17.5 Å². The highest BCUT2D eigenvalue weighted by atomic mass is 32.1. The Balaban J connectivity index is 2.00. The molecule has 2 N–H and O–H groups in total. The van der Waals surface area contributed by atoms with Crippen molar-refractivity contribution >= 4 is 28.3 Å². The summed E-state index contributed by atoms with van der Waals surface area (Å²) in [5, 5.41) is 8.11. The van der Waals surface area contributed by atoms with Crippen molar-refractivity contribution in [2.75, 3.05) is 18.9 Å². The lowest BCUT2D eigenvalue weighted by molar-refractivity contribution is -0.130. The number of nitrogens with zero attached hydrogens (tertiary/aromatic N) is 2. The second-order valence-corrected chi connectivity index (χ2v) is 7.53. The molecule has 1 saturated heterocycles. The van der Waals surface area contributed by atoms with Crippen molar-refractivity contribution in [2.45, 2.75) is 45.7 Å². The molecular formula is C16H26N4O2S. The summed E-state index contributed by atoms with van der Waals surface area (Å²) in [5.74, 6) is 0.0381. The summed E-state index contributed by atoms with van der Waals surface area (Å²) in [6.45, 7) is 7.06. The number of rotatable bonds is 6. The third-order valence-electron chi connectivity index (χ3n) is 4.41. The van der Waals surface area contributed by atoms with Crippen LogP contribution in [0.2, 0.25) is 0 Å². The highest BCUT2D eigenvalue weighted by Gasteiger charge is 2.35. The average molecular weight is 338 g/mol. The maximum Gasteiger partial charge on any atom is 0.248 e. The van der Waals surface area contributed by atoms with Gasteiger partial charge in [0.05, 0.1) is 5.92 Å². The molecule has 0 saturated carbocycles. The van der Waals surface area contributed by atoms with Crippen LogP contribution >= 0.6 is 11.3 Å². The molecule has 0 aromatic carbocycles. The molecule has 1 aliphatic heterocycles. The summed E-state index contributed by atoms with van der Waals surface area (Å²) in [4.78, 5) is 31.3. The Kier molecular flexibility index (Phi) is 6.12. The molecule has 6 nitrogen and oxygen atoms in total. The molecule has 2 amide bonds. The number of amides is 2. The number of thiazole rings is 1. The number of anilines is 1. The summed E-state index contributed by atoms with van der Waals surface area (Å²) in [5.41, 5.74) is 0. The molecule has 3 atom stereocenters. The van der Waals surface area contributed by atoms with Gasteiger partial charge in [-0.2, -0.15) is 0 Å². The van der Waals surface area contributed by atoms with Gasteiger partial charge in [0.15, 0.2) is 5.13 Å². The normalized spacial score (nSPS) is 23.0. The largest absolute Gasteiger partial charge is 0.344 e. The van der Waals surface area contributed by atoms with Crippen LogP contribution in [0.15, 0.2) is 11.6 Å². The van der Waals surface area contributed by atoms with Crippen LogP contribution in [-0.4, -0.2) is 47.4 Å². The van der Waals surface area contributed by atoms with Crippen molar-refractivity contribution in [1.82, 2.24) is 15.2 Å². The third kappa shape index (κ3) is 4.75. The minimum absolute atomic E-state index is 0.0261. The van der Waals surface area contributed by atoms with Gasteiger partial charge >= 0.3 is 0 Å². The number of aromatic nitrogens is 1. The molecular weight excluding hydrogens is 312 g/mol. The predicted molar refractivity (Wildman–Crippen MR) is 92.3 cm³/mol. The Morgan fingerprint density at radius 1 is 1.48 bits per heavy atom. The molecule has 0 radical (unpaired) electrons. The lowest BCUT2D eigenvalue weighted by atomic mass is 9.98. The van der Waals surface area contributed by atoms with Crippen molar-refractivity contribution < 1.29 is 9.59 Å². The van der Waals surface area contributed by atoms with E-state index in [0.717, 1.165) is 13.0 Å². The molecule has 1 unspecified atom stereocenters. The quantitative estimate of drug-likeness (QED) is 0.831. The summed E-state index contributed by atoms with van der Waals surface area (Å²) >= 11 is 1.37. The molecule has 2 rings (SSSR count). The number of nitrogens with one attached hydrogen (secondary N) is 2.